The number of nitrogens with zero attached hydrogens (tertiary/aromatic N) is 1. The summed E-state index contributed by atoms with van der Waals surface area (Å²) in [6, 6.07) is 3.67. The van der Waals surface area contributed by atoms with Crippen molar-refractivity contribution in [2.45, 2.75) is 45.1 Å². The summed E-state index contributed by atoms with van der Waals surface area (Å²) in [6.45, 7) is 8.78. The first kappa shape index (κ1) is 16.8. The topological polar surface area (TPSA) is 79.8 Å². The third-order valence-electron chi connectivity index (χ3n) is 3.20. The number of hydrogen-bond donors (Lipinski definition) is 2. The van der Waals surface area contributed by atoms with Crippen LogP contribution in [0.3, 0.4) is 0 Å². The molecule has 0 aromatic heterocycles. The van der Waals surface area contributed by atoms with Crippen molar-refractivity contribution < 1.29 is 13.2 Å². The molecule has 0 atom stereocenters. The fourth-order valence-corrected chi connectivity index (χ4v) is 3.74. The number of sulfonamides is 1. The Morgan fingerprint density at radius 3 is 2.68 bits per heavy atom. The van der Waals surface area contributed by atoms with Crippen molar-refractivity contribution in [3.05, 3.63) is 23.3 Å². The van der Waals surface area contributed by atoms with Crippen LogP contribution in [0.25, 0.3) is 0 Å². The van der Waals surface area contributed by atoms with Gasteiger partial charge in [-0.2, -0.15) is 0 Å². The summed E-state index contributed by atoms with van der Waals surface area (Å²) < 4.78 is 32.6. The van der Waals surface area contributed by atoms with Crippen LogP contribution in [0.1, 0.15) is 31.4 Å². The molecule has 0 aliphatic carbocycles. The zero-order valence-electron chi connectivity index (χ0n) is 13.4. The molecule has 0 radical (unpaired) electrons. The molecule has 2 rings (SSSR count). The lowest BCUT2D eigenvalue weighted by molar-refractivity contribution is 0.0783. The van der Waals surface area contributed by atoms with Crippen LogP contribution in [0.4, 0.5) is 5.69 Å². The van der Waals surface area contributed by atoms with E-state index in [9.17, 15) is 8.42 Å². The number of hydrogen-bond acceptors (Lipinski definition) is 4. The second-order valence-electron chi connectivity index (χ2n) is 5.69. The van der Waals surface area contributed by atoms with Crippen molar-refractivity contribution in [1.82, 2.24) is 4.72 Å². The summed E-state index contributed by atoms with van der Waals surface area (Å²) in [5.41, 5.74) is 2.30. The molecule has 0 spiro atoms. The predicted molar refractivity (Wildman–Crippen MR) is 87.9 cm³/mol. The molecule has 1 aliphatic rings. The fraction of sp³-hybridized carbons (Fsp3) is 0.533. The number of aryl methyl sites for hydroxylation is 2. The van der Waals surface area contributed by atoms with Crippen molar-refractivity contribution in [2.24, 2.45) is 4.99 Å². The molecular weight excluding hydrogens is 302 g/mol. The highest BCUT2D eigenvalue weighted by atomic mass is 32.2. The minimum atomic E-state index is -3.57. The van der Waals surface area contributed by atoms with Crippen molar-refractivity contribution in [1.29, 1.82) is 0 Å². The van der Waals surface area contributed by atoms with E-state index in [4.69, 9.17) is 4.74 Å². The van der Waals surface area contributed by atoms with E-state index in [0.717, 1.165) is 17.5 Å². The first-order chi connectivity index (χ1) is 10.3. The molecule has 7 heteroatoms. The second kappa shape index (κ2) is 6.66. The molecule has 1 aromatic carbocycles. The Morgan fingerprint density at radius 1 is 1.27 bits per heavy atom. The van der Waals surface area contributed by atoms with Gasteiger partial charge in [0.2, 0.25) is 5.96 Å². The standard InChI is InChI=1S/C15H23N3O3S/c1-10(2)21-7-5-6-16-15-17-13-9-11(3)8-12(4)14(13)22(19,20)18-15/h8-10H,5-7H2,1-4H3,(H2,16,17,18). The SMILES string of the molecule is Cc1cc(C)c2c(c1)NC(=NCCCOC(C)C)NS2(=O)=O. The second-order valence-corrected chi connectivity index (χ2v) is 7.31. The van der Waals surface area contributed by atoms with E-state index in [-0.39, 0.29) is 12.1 Å². The Bertz CT molecular complexity index is 682. The fourth-order valence-electron chi connectivity index (χ4n) is 2.38. The average molecular weight is 325 g/mol. The third kappa shape index (κ3) is 3.98. The lowest BCUT2D eigenvalue weighted by Gasteiger charge is -2.23. The zero-order chi connectivity index (χ0) is 16.3. The third-order valence-corrected chi connectivity index (χ3v) is 4.74. The maximum Gasteiger partial charge on any atom is 0.266 e. The molecule has 1 heterocycles. The van der Waals surface area contributed by atoms with Gasteiger partial charge in [0, 0.05) is 13.2 Å². The molecule has 0 amide bonds. The van der Waals surface area contributed by atoms with Crippen LogP contribution in [-0.2, 0) is 14.8 Å². The molecule has 6 nitrogen and oxygen atoms in total. The van der Waals surface area contributed by atoms with Gasteiger partial charge in [0.15, 0.2) is 0 Å². The van der Waals surface area contributed by atoms with Crippen molar-refractivity contribution >= 4 is 21.7 Å². The number of rotatable bonds is 5. The molecule has 0 saturated carbocycles. The molecule has 0 bridgehead atoms. The Kier molecular flexibility index (Phi) is 5.08. The molecule has 122 valence electrons. The first-order valence-electron chi connectivity index (χ1n) is 7.37. The van der Waals surface area contributed by atoms with Gasteiger partial charge in [-0.1, -0.05) is 6.07 Å². The first-order valence-corrected chi connectivity index (χ1v) is 8.85. The number of fused-ring (bicyclic) bond motifs is 1. The van der Waals surface area contributed by atoms with Crippen LogP contribution in [-0.4, -0.2) is 33.6 Å². The van der Waals surface area contributed by atoms with Crippen molar-refractivity contribution in [2.75, 3.05) is 18.5 Å². The van der Waals surface area contributed by atoms with Crippen LogP contribution in [0.15, 0.2) is 22.0 Å². The summed E-state index contributed by atoms with van der Waals surface area (Å²) in [6.07, 6.45) is 0.932. The molecular formula is C15H23N3O3S. The largest absolute Gasteiger partial charge is 0.379 e. The number of ether oxygens (including phenoxy) is 1. The monoisotopic (exact) mass is 325 g/mol. The molecule has 1 aromatic rings. The number of benzene rings is 1. The number of nitrogens with one attached hydrogen (secondary N) is 2. The summed E-state index contributed by atoms with van der Waals surface area (Å²) in [5, 5.41) is 3.05. The lowest BCUT2D eigenvalue weighted by atomic mass is 10.1. The highest BCUT2D eigenvalue weighted by Crippen LogP contribution is 2.29. The Labute approximate surface area is 132 Å². The lowest BCUT2D eigenvalue weighted by Crippen LogP contribution is -2.41. The van der Waals surface area contributed by atoms with E-state index in [0.29, 0.717) is 23.7 Å². The predicted octanol–water partition coefficient (Wildman–Crippen LogP) is 2.18. The van der Waals surface area contributed by atoms with E-state index < -0.39 is 10.0 Å². The van der Waals surface area contributed by atoms with E-state index in [1.807, 2.05) is 32.9 Å². The molecule has 0 fully saturated rings. The van der Waals surface area contributed by atoms with Crippen LogP contribution in [0.5, 0.6) is 0 Å². The summed E-state index contributed by atoms with van der Waals surface area (Å²) >= 11 is 0. The molecule has 0 saturated heterocycles. The number of guanidine groups is 1. The van der Waals surface area contributed by atoms with Crippen molar-refractivity contribution in [3.8, 4) is 0 Å². The van der Waals surface area contributed by atoms with Gasteiger partial charge in [-0.3, -0.25) is 4.99 Å². The zero-order valence-corrected chi connectivity index (χ0v) is 14.3. The highest BCUT2D eigenvalue weighted by molar-refractivity contribution is 7.90. The van der Waals surface area contributed by atoms with Gasteiger partial charge >= 0.3 is 0 Å². The quantitative estimate of drug-likeness (QED) is 0.813. The van der Waals surface area contributed by atoms with E-state index >= 15 is 0 Å². The maximum absolute atomic E-state index is 12.3. The smallest absolute Gasteiger partial charge is 0.266 e. The minimum absolute atomic E-state index is 0.191. The maximum atomic E-state index is 12.3. The van der Waals surface area contributed by atoms with Crippen molar-refractivity contribution in [3.63, 3.8) is 0 Å². The molecule has 0 unspecified atom stereocenters. The van der Waals surface area contributed by atoms with Gasteiger partial charge < -0.3 is 10.1 Å². The average Bonchev–Trinajstić information content (AvgIpc) is 2.35. The normalized spacial score (nSPS) is 18.0. The van der Waals surface area contributed by atoms with Crippen LogP contribution >= 0.6 is 0 Å². The Balaban J connectivity index is 2.12. The summed E-state index contributed by atoms with van der Waals surface area (Å²) in [7, 11) is -3.57. The van der Waals surface area contributed by atoms with Gasteiger partial charge in [-0.05, 0) is 51.3 Å². The minimum Gasteiger partial charge on any atom is -0.379 e. The molecule has 2 N–H and O–H groups in total. The van der Waals surface area contributed by atoms with Crippen LogP contribution < -0.4 is 10.0 Å². The molecule has 1 aliphatic heterocycles. The Morgan fingerprint density at radius 2 is 2.00 bits per heavy atom. The van der Waals surface area contributed by atoms with E-state index in [2.05, 4.69) is 15.0 Å². The van der Waals surface area contributed by atoms with E-state index in [1.165, 1.54) is 0 Å². The van der Waals surface area contributed by atoms with Gasteiger partial charge in [0.05, 0.1) is 11.8 Å². The number of anilines is 1. The number of aliphatic imine (C=N–C) groups is 1. The Hall–Kier alpha value is -1.60. The van der Waals surface area contributed by atoms with Crippen LogP contribution in [0.2, 0.25) is 0 Å². The van der Waals surface area contributed by atoms with Gasteiger partial charge in [0.25, 0.3) is 10.0 Å². The van der Waals surface area contributed by atoms with Gasteiger partial charge in [-0.15, -0.1) is 0 Å². The van der Waals surface area contributed by atoms with E-state index in [1.54, 1.807) is 6.92 Å². The molecule has 22 heavy (non-hydrogen) atoms. The van der Waals surface area contributed by atoms with Crippen LogP contribution in [0, 0.1) is 13.8 Å². The van der Waals surface area contributed by atoms with Gasteiger partial charge in [0.1, 0.15) is 4.90 Å². The highest BCUT2D eigenvalue weighted by Gasteiger charge is 2.28. The summed E-state index contributed by atoms with van der Waals surface area (Å²) in [5.74, 6) is 0.266. The van der Waals surface area contributed by atoms with Gasteiger partial charge in [-0.25, -0.2) is 13.1 Å². The summed E-state index contributed by atoms with van der Waals surface area (Å²) in [4.78, 5) is 4.56.